The third-order valence-corrected chi connectivity index (χ3v) is 8.08. The average Bonchev–Trinajstić information content (AvgIpc) is 2.91. The Balaban J connectivity index is 1.35. The summed E-state index contributed by atoms with van der Waals surface area (Å²) in [6.07, 6.45) is 4.65. The first-order valence-electron chi connectivity index (χ1n) is 10.1. The van der Waals surface area contributed by atoms with Gasteiger partial charge >= 0.3 is 21.3 Å². The van der Waals surface area contributed by atoms with Gasteiger partial charge in [0.25, 0.3) is 11.8 Å². The van der Waals surface area contributed by atoms with Gasteiger partial charge < -0.3 is 5.32 Å². The number of hydroxylamine groups is 2. The van der Waals surface area contributed by atoms with E-state index in [0.29, 0.717) is 37.0 Å². The second kappa shape index (κ2) is 6.55. The number of imide groups is 1. The molecule has 1 N–H and O–H groups in total. The maximum absolute atomic E-state index is 14.7. The Morgan fingerprint density at radius 2 is 1.45 bits per heavy atom. The fraction of sp³-hybridized carbons (Fsp3) is 0.550. The number of nitrogens with zero attached hydrogens (tertiary/aromatic N) is 1. The van der Waals surface area contributed by atoms with Gasteiger partial charge in [0.05, 0.1) is 11.1 Å². The minimum atomic E-state index is -5.97. The first kappa shape index (κ1) is 20.5. The molecule has 0 atom stereocenters. The smallest absolute Gasteiger partial charge is 0.344 e. The summed E-state index contributed by atoms with van der Waals surface area (Å²) in [6.45, 7) is 0. The van der Waals surface area contributed by atoms with E-state index in [1.807, 2.05) is 0 Å². The molecule has 31 heavy (non-hydrogen) atoms. The van der Waals surface area contributed by atoms with E-state index in [4.69, 9.17) is 0 Å². The van der Waals surface area contributed by atoms with E-state index in [-0.39, 0.29) is 16.2 Å². The molecule has 4 saturated carbocycles. The first-order valence-corrected chi connectivity index (χ1v) is 11.5. The van der Waals surface area contributed by atoms with Crippen LogP contribution >= 0.6 is 0 Å². The lowest BCUT2D eigenvalue weighted by Crippen LogP contribution is -2.63. The summed E-state index contributed by atoms with van der Waals surface area (Å²) in [5.41, 5.74) is -1.20. The molecule has 8 nitrogen and oxygen atoms in total. The molecule has 11 heteroatoms. The van der Waals surface area contributed by atoms with Gasteiger partial charge in [-0.05, 0) is 68.4 Å². The van der Waals surface area contributed by atoms with E-state index >= 15 is 0 Å². The van der Waals surface area contributed by atoms with Crippen LogP contribution in [0.25, 0.3) is 0 Å². The average molecular weight is 454 g/mol. The summed E-state index contributed by atoms with van der Waals surface area (Å²) in [7, 11) is -5.97. The molecular formula is C20H20F2N2O6S. The van der Waals surface area contributed by atoms with Gasteiger partial charge in [-0.1, -0.05) is 12.1 Å². The van der Waals surface area contributed by atoms with Crippen molar-refractivity contribution in [1.29, 1.82) is 0 Å². The van der Waals surface area contributed by atoms with E-state index in [1.54, 1.807) is 0 Å². The molecule has 3 amide bonds. The summed E-state index contributed by atoms with van der Waals surface area (Å²) in [5.74, 6) is -3.36. The second-order valence-electron chi connectivity index (χ2n) is 9.15. The maximum Gasteiger partial charge on any atom is 0.448 e. The number of hydrogen-bond acceptors (Lipinski definition) is 6. The van der Waals surface area contributed by atoms with Gasteiger partial charge in [0.15, 0.2) is 0 Å². The second-order valence-corrected chi connectivity index (χ2v) is 10.7. The minimum absolute atomic E-state index is 0.177. The Kier molecular flexibility index (Phi) is 4.33. The summed E-state index contributed by atoms with van der Waals surface area (Å²) in [4.78, 5) is 36.9. The van der Waals surface area contributed by atoms with Crippen molar-refractivity contribution in [3.8, 4) is 0 Å². The summed E-state index contributed by atoms with van der Waals surface area (Å²) < 4.78 is 58.3. The topological polar surface area (TPSA) is 110 Å². The third-order valence-electron chi connectivity index (χ3n) is 6.92. The Morgan fingerprint density at radius 1 is 1.00 bits per heavy atom. The summed E-state index contributed by atoms with van der Waals surface area (Å²) in [6, 6.07) is 5.33. The lowest BCUT2D eigenvalue weighted by molar-refractivity contribution is -0.143. The lowest BCUT2D eigenvalue weighted by Gasteiger charge is -2.57. The van der Waals surface area contributed by atoms with Gasteiger partial charge in [0.2, 0.25) is 0 Å². The molecule has 166 valence electrons. The van der Waals surface area contributed by atoms with Gasteiger partial charge in [0, 0.05) is 5.54 Å². The van der Waals surface area contributed by atoms with Crippen LogP contribution in [0.4, 0.5) is 8.78 Å². The third kappa shape index (κ3) is 3.08. The monoisotopic (exact) mass is 454 g/mol. The molecule has 1 aromatic carbocycles. The van der Waals surface area contributed by atoms with Crippen molar-refractivity contribution in [1.82, 2.24) is 10.4 Å². The van der Waals surface area contributed by atoms with Crippen LogP contribution in [0, 0.1) is 17.8 Å². The number of alkyl halides is 2. The number of benzene rings is 1. The Morgan fingerprint density at radius 3 is 1.90 bits per heavy atom. The number of amides is 3. The molecule has 6 rings (SSSR count). The number of carbonyl (C=O) groups is 3. The maximum atomic E-state index is 14.7. The van der Waals surface area contributed by atoms with E-state index < -0.39 is 38.6 Å². The molecule has 0 radical (unpaired) electrons. The van der Waals surface area contributed by atoms with Crippen LogP contribution in [0.15, 0.2) is 24.3 Å². The highest BCUT2D eigenvalue weighted by molar-refractivity contribution is 7.88. The molecule has 4 aliphatic carbocycles. The number of rotatable bonds is 5. The highest BCUT2D eigenvalue weighted by Gasteiger charge is 2.60. The molecule has 1 aromatic rings. The van der Waals surface area contributed by atoms with Gasteiger partial charge in [-0.25, -0.2) is 0 Å². The molecule has 1 aliphatic heterocycles. The largest absolute Gasteiger partial charge is 0.448 e. The predicted octanol–water partition coefficient (Wildman–Crippen LogP) is 2.22. The highest BCUT2D eigenvalue weighted by atomic mass is 32.2. The normalized spacial score (nSPS) is 31.8. The standard InChI is InChI=1S/C20H20F2N2O6S/c21-20(22,18(27)23-19-8-11-5-12(9-19)7-13(6-11)10-19)31(28,29)30-24-16(25)14-3-1-2-4-15(14)17(24)26/h1-4,11-13H,5-10H2,(H,23,27). The zero-order valence-corrected chi connectivity index (χ0v) is 17.2. The van der Waals surface area contributed by atoms with E-state index in [9.17, 15) is 31.6 Å². The van der Waals surface area contributed by atoms with Gasteiger partial charge in [-0.2, -0.15) is 17.2 Å². The molecule has 1 heterocycles. The van der Waals surface area contributed by atoms with Crippen LogP contribution in [-0.4, -0.2) is 42.0 Å². The number of carbonyl (C=O) groups excluding carboxylic acids is 3. The first-order chi connectivity index (χ1) is 14.5. The molecule has 4 fully saturated rings. The van der Waals surface area contributed by atoms with Crippen LogP contribution < -0.4 is 5.32 Å². The number of halogens is 2. The molecule has 0 spiro atoms. The van der Waals surface area contributed by atoms with E-state index in [2.05, 4.69) is 9.60 Å². The summed E-state index contributed by atoms with van der Waals surface area (Å²) in [5, 5.41) is -2.93. The van der Waals surface area contributed by atoms with Crippen LogP contribution in [0.1, 0.15) is 59.2 Å². The number of nitrogens with one attached hydrogen (secondary N) is 1. The van der Waals surface area contributed by atoms with E-state index in [0.717, 1.165) is 19.3 Å². The van der Waals surface area contributed by atoms with Crippen LogP contribution in [-0.2, 0) is 19.2 Å². The fourth-order valence-corrected chi connectivity index (χ4v) is 6.77. The van der Waals surface area contributed by atoms with Crippen LogP contribution in [0.2, 0.25) is 0 Å². The van der Waals surface area contributed by atoms with Gasteiger partial charge in [0.1, 0.15) is 0 Å². The van der Waals surface area contributed by atoms with E-state index in [1.165, 1.54) is 24.3 Å². The Bertz CT molecular complexity index is 1030. The lowest BCUT2D eigenvalue weighted by atomic mass is 9.53. The van der Waals surface area contributed by atoms with Crippen molar-refractivity contribution < 1.29 is 35.9 Å². The number of fused-ring (bicyclic) bond motifs is 1. The van der Waals surface area contributed by atoms with Crippen molar-refractivity contribution in [3.05, 3.63) is 35.4 Å². The predicted molar refractivity (Wildman–Crippen MR) is 101 cm³/mol. The molecular weight excluding hydrogens is 434 g/mol. The quantitative estimate of drug-likeness (QED) is 0.684. The van der Waals surface area contributed by atoms with Crippen LogP contribution in [0.5, 0.6) is 0 Å². The van der Waals surface area contributed by atoms with Crippen molar-refractivity contribution in [2.75, 3.05) is 0 Å². The van der Waals surface area contributed by atoms with Crippen molar-refractivity contribution in [2.45, 2.75) is 49.3 Å². The van der Waals surface area contributed by atoms with Crippen LogP contribution in [0.3, 0.4) is 0 Å². The Hall–Kier alpha value is -2.40. The molecule has 0 saturated heterocycles. The molecule has 5 aliphatic rings. The van der Waals surface area contributed by atoms with Gasteiger partial charge in [-0.3, -0.25) is 14.4 Å². The van der Waals surface area contributed by atoms with Crippen molar-refractivity contribution >= 4 is 27.8 Å². The highest BCUT2D eigenvalue weighted by Crippen LogP contribution is 2.55. The molecule has 4 bridgehead atoms. The zero-order chi connectivity index (χ0) is 22.2. The molecule has 0 aromatic heterocycles. The minimum Gasteiger partial charge on any atom is -0.344 e. The van der Waals surface area contributed by atoms with Crippen molar-refractivity contribution in [2.24, 2.45) is 17.8 Å². The molecule has 0 unspecified atom stereocenters. The SMILES string of the molecule is O=C1c2ccccc2C(=O)N1OS(=O)(=O)C(F)(F)C(=O)NC12CC3CC(CC(C3)C1)C2. The zero-order valence-electron chi connectivity index (χ0n) is 16.3. The fourth-order valence-electron chi connectivity index (χ4n) is 6.07. The number of hydrogen-bond donors (Lipinski definition) is 1. The Labute approximate surface area is 177 Å². The van der Waals surface area contributed by atoms with Gasteiger partial charge in [-0.15, -0.1) is 9.35 Å². The summed E-state index contributed by atoms with van der Waals surface area (Å²) >= 11 is 0. The van der Waals surface area contributed by atoms with Crippen molar-refractivity contribution in [3.63, 3.8) is 0 Å².